The molecule has 12 heavy (non-hydrogen) atoms. The smallest absolute Gasteiger partial charge is 0.287 e. The van der Waals surface area contributed by atoms with Crippen LogP contribution < -0.4 is 11.3 Å². The van der Waals surface area contributed by atoms with E-state index < -0.39 is 0 Å². The molecule has 0 spiro atoms. The summed E-state index contributed by atoms with van der Waals surface area (Å²) in [6.45, 7) is 0. The van der Waals surface area contributed by atoms with Crippen LogP contribution in [0.3, 0.4) is 0 Å². The van der Waals surface area contributed by atoms with Crippen molar-refractivity contribution in [3.05, 3.63) is 22.1 Å². The first-order valence-electron chi connectivity index (χ1n) is 4.12. The zero-order chi connectivity index (χ0) is 8.55. The number of nitrogens with zero attached hydrogens (tertiary/aromatic N) is 1. The van der Waals surface area contributed by atoms with Crippen LogP contribution in [-0.2, 0) is 0 Å². The Morgan fingerprint density at radius 2 is 2.33 bits per heavy atom. The molecule has 1 saturated carbocycles. The minimum atomic E-state index is -0.293. The van der Waals surface area contributed by atoms with Crippen molar-refractivity contribution in [2.24, 2.45) is 0 Å². The van der Waals surface area contributed by atoms with Gasteiger partial charge in [0, 0.05) is 5.92 Å². The second-order valence-electron chi connectivity index (χ2n) is 3.21. The number of aromatic amines is 1. The first kappa shape index (κ1) is 7.34. The van der Waals surface area contributed by atoms with Gasteiger partial charge in [-0.15, -0.1) is 0 Å². The minimum Gasteiger partial charge on any atom is -0.394 e. The molecule has 4 nitrogen and oxygen atoms in total. The number of aromatic nitrogens is 2. The van der Waals surface area contributed by atoms with E-state index in [0.717, 1.165) is 5.69 Å². The Kier molecular flexibility index (Phi) is 1.60. The Morgan fingerprint density at radius 3 is 2.83 bits per heavy atom. The molecule has 1 aromatic heterocycles. The molecule has 0 aliphatic heterocycles. The Morgan fingerprint density at radius 1 is 1.58 bits per heavy atom. The lowest BCUT2D eigenvalue weighted by Gasteiger charge is -2.24. The lowest BCUT2D eigenvalue weighted by molar-refractivity contribution is 0.408. The Balaban J connectivity index is 2.33. The highest BCUT2D eigenvalue weighted by Gasteiger charge is 2.21. The van der Waals surface area contributed by atoms with Crippen LogP contribution in [0.1, 0.15) is 30.9 Å². The summed E-state index contributed by atoms with van der Waals surface area (Å²) in [7, 11) is 0. The number of anilines is 1. The van der Waals surface area contributed by atoms with Gasteiger partial charge < -0.3 is 5.73 Å². The highest BCUT2D eigenvalue weighted by Crippen LogP contribution is 2.34. The Bertz CT molecular complexity index is 340. The fourth-order valence-corrected chi connectivity index (χ4v) is 1.35. The molecule has 64 valence electrons. The van der Waals surface area contributed by atoms with Crippen molar-refractivity contribution in [3.63, 3.8) is 0 Å². The average Bonchev–Trinajstić information content (AvgIpc) is 1.93. The summed E-state index contributed by atoms with van der Waals surface area (Å²) < 4.78 is 0. The van der Waals surface area contributed by atoms with Gasteiger partial charge in [0.2, 0.25) is 0 Å². The molecule has 1 aromatic rings. The van der Waals surface area contributed by atoms with E-state index >= 15 is 0 Å². The van der Waals surface area contributed by atoms with Crippen LogP contribution in [0.5, 0.6) is 0 Å². The van der Waals surface area contributed by atoms with Gasteiger partial charge in [-0.25, -0.2) is 5.10 Å². The van der Waals surface area contributed by atoms with E-state index in [-0.39, 0.29) is 11.2 Å². The van der Waals surface area contributed by atoms with Crippen LogP contribution >= 0.6 is 0 Å². The van der Waals surface area contributed by atoms with Gasteiger partial charge in [0.25, 0.3) is 5.56 Å². The maximum Gasteiger partial charge on any atom is 0.287 e. The second-order valence-corrected chi connectivity index (χ2v) is 3.21. The molecule has 0 unspecified atom stereocenters. The summed E-state index contributed by atoms with van der Waals surface area (Å²) in [6.07, 6.45) is 3.59. The lowest BCUT2D eigenvalue weighted by Crippen LogP contribution is -2.18. The van der Waals surface area contributed by atoms with Gasteiger partial charge in [0.15, 0.2) is 0 Å². The van der Waals surface area contributed by atoms with E-state index in [4.69, 9.17) is 5.73 Å². The number of rotatable bonds is 1. The van der Waals surface area contributed by atoms with Crippen molar-refractivity contribution >= 4 is 5.69 Å². The zero-order valence-electron chi connectivity index (χ0n) is 6.71. The van der Waals surface area contributed by atoms with Gasteiger partial charge in [-0.2, -0.15) is 5.10 Å². The molecule has 1 aliphatic rings. The van der Waals surface area contributed by atoms with Crippen molar-refractivity contribution in [2.45, 2.75) is 25.2 Å². The van der Waals surface area contributed by atoms with Crippen LogP contribution in [0.2, 0.25) is 0 Å². The van der Waals surface area contributed by atoms with Crippen LogP contribution in [0.4, 0.5) is 5.69 Å². The fourth-order valence-electron chi connectivity index (χ4n) is 1.35. The summed E-state index contributed by atoms with van der Waals surface area (Å²) in [5, 5.41) is 6.33. The monoisotopic (exact) mass is 165 g/mol. The number of hydrogen-bond donors (Lipinski definition) is 2. The summed E-state index contributed by atoms with van der Waals surface area (Å²) >= 11 is 0. The van der Waals surface area contributed by atoms with Gasteiger partial charge in [-0.3, -0.25) is 4.79 Å². The van der Waals surface area contributed by atoms with Crippen molar-refractivity contribution in [1.29, 1.82) is 0 Å². The number of nitrogens with one attached hydrogen (secondary N) is 1. The lowest BCUT2D eigenvalue weighted by atomic mass is 9.83. The van der Waals surface area contributed by atoms with Gasteiger partial charge in [-0.05, 0) is 18.9 Å². The van der Waals surface area contributed by atoms with Crippen molar-refractivity contribution in [3.8, 4) is 0 Å². The third-order valence-corrected chi connectivity index (χ3v) is 2.38. The maximum atomic E-state index is 10.9. The van der Waals surface area contributed by atoms with E-state index in [1.165, 1.54) is 19.3 Å². The molecule has 1 aliphatic carbocycles. The molecule has 0 radical (unpaired) electrons. The minimum absolute atomic E-state index is 0.270. The van der Waals surface area contributed by atoms with Crippen LogP contribution in [0.25, 0.3) is 0 Å². The molecule has 0 aromatic carbocycles. The number of nitrogen functional groups attached to an aromatic ring is 1. The van der Waals surface area contributed by atoms with Gasteiger partial charge in [0.05, 0.1) is 5.69 Å². The topological polar surface area (TPSA) is 71.8 Å². The third kappa shape index (κ3) is 1.09. The molecule has 1 heterocycles. The highest BCUT2D eigenvalue weighted by atomic mass is 16.1. The van der Waals surface area contributed by atoms with E-state index in [2.05, 4.69) is 10.2 Å². The summed E-state index contributed by atoms with van der Waals surface area (Å²) in [4.78, 5) is 10.9. The van der Waals surface area contributed by atoms with E-state index in [0.29, 0.717) is 5.92 Å². The van der Waals surface area contributed by atoms with Gasteiger partial charge >= 0.3 is 0 Å². The first-order chi connectivity index (χ1) is 5.77. The SMILES string of the molecule is Nc1cc(C2CCC2)n[nH]c1=O. The van der Waals surface area contributed by atoms with Gasteiger partial charge in [0.1, 0.15) is 5.69 Å². The second kappa shape index (κ2) is 2.62. The Hall–Kier alpha value is -1.32. The molecule has 0 bridgehead atoms. The molecule has 1 fully saturated rings. The van der Waals surface area contributed by atoms with E-state index in [1.54, 1.807) is 6.07 Å². The summed E-state index contributed by atoms with van der Waals surface area (Å²) in [5.74, 6) is 0.518. The Labute approximate surface area is 69.8 Å². The largest absolute Gasteiger partial charge is 0.394 e. The normalized spacial score (nSPS) is 17.3. The molecular formula is C8H11N3O. The molecule has 0 atom stereocenters. The van der Waals surface area contributed by atoms with Crippen LogP contribution in [0, 0.1) is 0 Å². The zero-order valence-corrected chi connectivity index (χ0v) is 6.71. The first-order valence-corrected chi connectivity index (χ1v) is 4.12. The van der Waals surface area contributed by atoms with Crippen molar-refractivity contribution in [2.75, 3.05) is 5.73 Å². The molecule has 0 saturated heterocycles. The van der Waals surface area contributed by atoms with Crippen molar-refractivity contribution in [1.82, 2.24) is 10.2 Å². The number of hydrogen-bond acceptors (Lipinski definition) is 3. The molecular weight excluding hydrogens is 154 g/mol. The molecule has 0 amide bonds. The van der Waals surface area contributed by atoms with Crippen LogP contribution in [-0.4, -0.2) is 10.2 Å². The predicted molar refractivity (Wildman–Crippen MR) is 45.9 cm³/mol. The standard InChI is InChI=1S/C8H11N3O/c9-6-4-7(5-2-1-3-5)10-11-8(6)12/h4-5H,1-3H2,(H2,9,10)(H,11,12). The molecule has 2 rings (SSSR count). The van der Waals surface area contributed by atoms with E-state index in [1.807, 2.05) is 0 Å². The molecule has 4 heteroatoms. The third-order valence-electron chi connectivity index (χ3n) is 2.38. The average molecular weight is 165 g/mol. The fraction of sp³-hybridized carbons (Fsp3) is 0.500. The van der Waals surface area contributed by atoms with Crippen LogP contribution in [0.15, 0.2) is 10.9 Å². The van der Waals surface area contributed by atoms with E-state index in [9.17, 15) is 4.79 Å². The quantitative estimate of drug-likeness (QED) is 0.640. The van der Waals surface area contributed by atoms with Gasteiger partial charge in [-0.1, -0.05) is 6.42 Å². The number of nitrogens with two attached hydrogens (primary N) is 1. The predicted octanol–water partition coefficient (Wildman–Crippen LogP) is 0.620. The molecule has 3 N–H and O–H groups in total. The summed E-state index contributed by atoms with van der Waals surface area (Å²) in [5.41, 5.74) is 6.36. The highest BCUT2D eigenvalue weighted by molar-refractivity contribution is 5.36. The van der Waals surface area contributed by atoms with Crippen molar-refractivity contribution < 1.29 is 0 Å². The summed E-state index contributed by atoms with van der Waals surface area (Å²) in [6, 6.07) is 1.68. The maximum absolute atomic E-state index is 10.9. The number of H-pyrrole nitrogens is 1.